The van der Waals surface area contributed by atoms with Gasteiger partial charge in [0.2, 0.25) is 0 Å². The van der Waals surface area contributed by atoms with E-state index in [1.54, 1.807) is 30.4 Å². The molecule has 0 spiro atoms. The number of benzene rings is 2. The molecule has 0 amide bonds. The molecule has 0 heterocycles. The van der Waals surface area contributed by atoms with E-state index >= 15 is 0 Å². The minimum atomic E-state index is -0.630. The molecule has 27 heavy (non-hydrogen) atoms. The zero-order valence-corrected chi connectivity index (χ0v) is 15.6. The van der Waals surface area contributed by atoms with Crippen molar-refractivity contribution in [1.29, 1.82) is 0 Å². The summed E-state index contributed by atoms with van der Waals surface area (Å²) in [5, 5.41) is 30.6. The van der Waals surface area contributed by atoms with Crippen LogP contribution in [0.5, 0.6) is 17.2 Å². The number of nitro groups is 1. The fourth-order valence-electron chi connectivity index (χ4n) is 2.59. The van der Waals surface area contributed by atoms with E-state index in [0.717, 1.165) is 16.7 Å². The molecule has 0 radical (unpaired) electrons. The molecule has 2 rings (SSSR count). The standard InChI is InChI=1S/C21H23NO5/c1-4-27-21-13-17(23)12-16(18(21)9-5-14(2)3)8-6-15-7-10-20(24)19(11-15)22(25)26/h5-8,10-13,23-24H,4,9H2,1-3H3/b8-6+. The van der Waals surface area contributed by atoms with Gasteiger partial charge in [0.15, 0.2) is 5.75 Å². The van der Waals surface area contributed by atoms with E-state index in [9.17, 15) is 20.3 Å². The van der Waals surface area contributed by atoms with Crippen LogP contribution in [0.1, 0.15) is 37.5 Å². The lowest BCUT2D eigenvalue weighted by Crippen LogP contribution is -1.98. The van der Waals surface area contributed by atoms with Gasteiger partial charge in [0.1, 0.15) is 11.5 Å². The van der Waals surface area contributed by atoms with Crippen LogP contribution in [0.4, 0.5) is 5.69 Å². The Morgan fingerprint density at radius 3 is 2.56 bits per heavy atom. The molecule has 0 aromatic heterocycles. The molecule has 6 nitrogen and oxygen atoms in total. The SMILES string of the molecule is CCOc1cc(O)cc(/C=C/c2ccc(O)c([N+](=O)[O-])c2)c1CC=C(C)C. The van der Waals surface area contributed by atoms with Crippen molar-refractivity contribution >= 4 is 17.8 Å². The molecule has 6 heteroatoms. The molecule has 2 N–H and O–H groups in total. The van der Waals surface area contributed by atoms with Gasteiger partial charge < -0.3 is 14.9 Å². The van der Waals surface area contributed by atoms with Gasteiger partial charge in [-0.1, -0.05) is 29.9 Å². The molecule has 142 valence electrons. The van der Waals surface area contributed by atoms with Crippen molar-refractivity contribution in [3.8, 4) is 17.2 Å². The molecule has 0 fully saturated rings. The van der Waals surface area contributed by atoms with Gasteiger partial charge in [-0.3, -0.25) is 10.1 Å². The van der Waals surface area contributed by atoms with Crippen molar-refractivity contribution in [3.63, 3.8) is 0 Å². The van der Waals surface area contributed by atoms with Crippen molar-refractivity contribution in [1.82, 2.24) is 0 Å². The molecule has 2 aromatic rings. The normalized spacial score (nSPS) is 10.8. The zero-order valence-electron chi connectivity index (χ0n) is 15.6. The summed E-state index contributed by atoms with van der Waals surface area (Å²) in [7, 11) is 0. The maximum absolute atomic E-state index is 11.0. The first kappa shape index (κ1) is 20.0. The van der Waals surface area contributed by atoms with Crippen LogP contribution in [0.3, 0.4) is 0 Å². The zero-order chi connectivity index (χ0) is 20.0. The van der Waals surface area contributed by atoms with E-state index in [2.05, 4.69) is 6.08 Å². The summed E-state index contributed by atoms with van der Waals surface area (Å²) in [6, 6.07) is 7.38. The van der Waals surface area contributed by atoms with Crippen molar-refractivity contribution in [2.75, 3.05) is 6.61 Å². The topological polar surface area (TPSA) is 92.8 Å². The predicted molar refractivity (Wildman–Crippen MR) is 106 cm³/mol. The van der Waals surface area contributed by atoms with Crippen LogP contribution < -0.4 is 4.74 Å². The van der Waals surface area contributed by atoms with Crippen LogP contribution in [0.25, 0.3) is 12.2 Å². The third-order valence-corrected chi connectivity index (χ3v) is 3.89. The second kappa shape index (κ2) is 8.89. The van der Waals surface area contributed by atoms with Gasteiger partial charge in [0.25, 0.3) is 0 Å². The van der Waals surface area contributed by atoms with Gasteiger partial charge in [-0.25, -0.2) is 0 Å². The van der Waals surface area contributed by atoms with Crippen molar-refractivity contribution in [3.05, 3.63) is 68.8 Å². The number of nitro benzene ring substituents is 1. The summed E-state index contributed by atoms with van der Waals surface area (Å²) in [4.78, 5) is 10.3. The number of ether oxygens (including phenoxy) is 1. The third kappa shape index (κ3) is 5.34. The molecule has 0 atom stereocenters. The fraction of sp³-hybridized carbons (Fsp3) is 0.238. The summed E-state index contributed by atoms with van der Waals surface area (Å²) in [5.74, 6) is 0.305. The van der Waals surface area contributed by atoms with Crippen LogP contribution in [-0.2, 0) is 6.42 Å². The lowest BCUT2D eigenvalue weighted by Gasteiger charge is -2.13. The Hall–Kier alpha value is -3.28. The van der Waals surface area contributed by atoms with E-state index in [1.807, 2.05) is 20.8 Å². The molecular formula is C21H23NO5. The highest BCUT2D eigenvalue weighted by atomic mass is 16.6. The average molecular weight is 369 g/mol. The van der Waals surface area contributed by atoms with E-state index in [1.165, 1.54) is 12.1 Å². The monoisotopic (exact) mass is 369 g/mol. The number of hydrogen-bond donors (Lipinski definition) is 2. The van der Waals surface area contributed by atoms with E-state index < -0.39 is 4.92 Å². The maximum atomic E-state index is 11.0. The highest BCUT2D eigenvalue weighted by Crippen LogP contribution is 2.32. The summed E-state index contributed by atoms with van der Waals surface area (Å²) in [6.45, 7) is 6.36. The Morgan fingerprint density at radius 2 is 1.93 bits per heavy atom. The molecule has 0 aliphatic heterocycles. The molecule has 0 unspecified atom stereocenters. The second-order valence-corrected chi connectivity index (χ2v) is 6.27. The van der Waals surface area contributed by atoms with Crippen LogP contribution in [0, 0.1) is 10.1 Å². The first-order valence-corrected chi connectivity index (χ1v) is 8.59. The van der Waals surface area contributed by atoms with E-state index in [4.69, 9.17) is 4.74 Å². The van der Waals surface area contributed by atoms with Crippen LogP contribution in [-0.4, -0.2) is 21.7 Å². The van der Waals surface area contributed by atoms with Gasteiger partial charge in [0.05, 0.1) is 11.5 Å². The quantitative estimate of drug-likeness (QED) is 0.307. The molecule has 2 aromatic carbocycles. The van der Waals surface area contributed by atoms with Gasteiger partial charge in [-0.2, -0.15) is 0 Å². The number of rotatable bonds is 7. The average Bonchev–Trinajstić information content (AvgIpc) is 2.59. The van der Waals surface area contributed by atoms with Gasteiger partial charge in [0, 0.05) is 17.7 Å². The first-order valence-electron chi connectivity index (χ1n) is 8.59. The number of hydrogen-bond acceptors (Lipinski definition) is 5. The number of aromatic hydroxyl groups is 2. The summed E-state index contributed by atoms with van der Waals surface area (Å²) in [6.07, 6.45) is 6.17. The van der Waals surface area contributed by atoms with Crippen molar-refractivity contribution < 1.29 is 19.9 Å². The molecule has 0 bridgehead atoms. The highest BCUT2D eigenvalue weighted by molar-refractivity contribution is 5.75. The summed E-state index contributed by atoms with van der Waals surface area (Å²) >= 11 is 0. The largest absolute Gasteiger partial charge is 0.508 e. The first-order chi connectivity index (χ1) is 12.8. The Kier molecular flexibility index (Phi) is 6.60. The molecule has 0 saturated heterocycles. The number of phenolic OH excluding ortho intramolecular Hbond substituents is 2. The van der Waals surface area contributed by atoms with Crippen molar-refractivity contribution in [2.45, 2.75) is 27.2 Å². The number of allylic oxidation sites excluding steroid dienone is 2. The van der Waals surface area contributed by atoms with Gasteiger partial charge in [-0.05, 0) is 50.5 Å². The summed E-state index contributed by atoms with van der Waals surface area (Å²) in [5.41, 5.74) is 3.04. The van der Waals surface area contributed by atoms with Crippen LogP contribution in [0.2, 0.25) is 0 Å². The Balaban J connectivity index is 2.47. The van der Waals surface area contributed by atoms with Crippen LogP contribution in [0.15, 0.2) is 42.0 Å². The number of nitrogens with zero attached hydrogens (tertiary/aromatic N) is 1. The molecular weight excluding hydrogens is 346 g/mol. The minimum Gasteiger partial charge on any atom is -0.508 e. The van der Waals surface area contributed by atoms with E-state index in [-0.39, 0.29) is 17.2 Å². The second-order valence-electron chi connectivity index (χ2n) is 6.27. The Labute approximate surface area is 158 Å². The smallest absolute Gasteiger partial charge is 0.311 e. The molecule has 0 saturated carbocycles. The van der Waals surface area contributed by atoms with Crippen molar-refractivity contribution in [2.24, 2.45) is 0 Å². The summed E-state index contributed by atoms with van der Waals surface area (Å²) < 4.78 is 5.66. The molecule has 0 aliphatic carbocycles. The van der Waals surface area contributed by atoms with Gasteiger partial charge in [-0.15, -0.1) is 0 Å². The maximum Gasteiger partial charge on any atom is 0.311 e. The predicted octanol–water partition coefficient (Wildman–Crippen LogP) is 5.08. The number of phenols is 2. The third-order valence-electron chi connectivity index (χ3n) is 3.89. The lowest BCUT2D eigenvalue weighted by molar-refractivity contribution is -0.385. The molecule has 0 aliphatic rings. The van der Waals surface area contributed by atoms with Gasteiger partial charge >= 0.3 is 5.69 Å². The highest BCUT2D eigenvalue weighted by Gasteiger charge is 2.13. The van der Waals surface area contributed by atoms with E-state index in [0.29, 0.717) is 24.3 Å². The Bertz CT molecular complexity index is 896. The Morgan fingerprint density at radius 1 is 1.19 bits per heavy atom. The van der Waals surface area contributed by atoms with Crippen LogP contribution >= 0.6 is 0 Å². The minimum absolute atomic E-state index is 0.0794. The lowest BCUT2D eigenvalue weighted by atomic mass is 10.00. The fourth-order valence-corrected chi connectivity index (χ4v) is 2.59.